The number of aromatic nitrogens is 4. The van der Waals surface area contributed by atoms with Crippen molar-refractivity contribution in [2.75, 3.05) is 22.9 Å². The van der Waals surface area contributed by atoms with Crippen molar-refractivity contribution in [1.29, 1.82) is 0 Å². The van der Waals surface area contributed by atoms with Crippen LogP contribution in [0.1, 0.15) is 74.6 Å². The monoisotopic (exact) mass is 574 g/mol. The molecule has 1 aromatic heterocycles. The number of amides is 1. The van der Waals surface area contributed by atoms with E-state index in [9.17, 15) is 31.1 Å². The van der Waals surface area contributed by atoms with Gasteiger partial charge >= 0.3 is 18.4 Å². The van der Waals surface area contributed by atoms with Gasteiger partial charge in [-0.1, -0.05) is 30.2 Å². The van der Waals surface area contributed by atoms with Crippen LogP contribution in [-0.4, -0.2) is 51.7 Å². The third kappa shape index (κ3) is 7.05. The molecule has 1 aromatic carbocycles. The fourth-order valence-electron chi connectivity index (χ4n) is 4.97. The number of nitrogens with zero attached hydrogens (tertiary/aromatic N) is 6. The molecule has 2 heterocycles. The van der Waals surface area contributed by atoms with Gasteiger partial charge in [-0.25, -0.2) is 4.79 Å². The number of tetrazole rings is 1. The van der Waals surface area contributed by atoms with Gasteiger partial charge in [-0.3, -0.25) is 4.90 Å². The van der Waals surface area contributed by atoms with Crippen LogP contribution in [0.3, 0.4) is 0 Å². The zero-order valence-corrected chi connectivity index (χ0v) is 22.3. The Balaban J connectivity index is 1.75. The molecule has 40 heavy (non-hydrogen) atoms. The Morgan fingerprint density at radius 1 is 1.12 bits per heavy atom. The van der Waals surface area contributed by atoms with Crippen LogP contribution in [-0.2, 0) is 24.4 Å². The smallest absolute Gasteiger partial charge is 0.416 e. The van der Waals surface area contributed by atoms with Crippen LogP contribution in [0.25, 0.3) is 0 Å². The van der Waals surface area contributed by atoms with Gasteiger partial charge in [0.25, 0.3) is 5.95 Å². The molecule has 220 valence electrons. The van der Waals surface area contributed by atoms with Crippen molar-refractivity contribution < 1.29 is 35.9 Å². The highest BCUT2D eigenvalue weighted by Crippen LogP contribution is 2.44. The van der Waals surface area contributed by atoms with E-state index in [4.69, 9.17) is 4.74 Å². The second kappa shape index (κ2) is 12.0. The maximum atomic E-state index is 14.1. The molecule has 0 N–H and O–H groups in total. The summed E-state index contributed by atoms with van der Waals surface area (Å²) in [6.45, 7) is 1.95. The Kier molecular flexibility index (Phi) is 8.93. The van der Waals surface area contributed by atoms with Crippen molar-refractivity contribution in [2.45, 2.75) is 82.8 Å². The number of hydrogen-bond donors (Lipinski definition) is 0. The topological polar surface area (TPSA) is 76.4 Å². The summed E-state index contributed by atoms with van der Waals surface area (Å²) in [7, 11) is 1.56. The van der Waals surface area contributed by atoms with Crippen molar-refractivity contribution in [3.63, 3.8) is 0 Å². The third-order valence-corrected chi connectivity index (χ3v) is 7.17. The summed E-state index contributed by atoms with van der Waals surface area (Å²) >= 11 is 0. The van der Waals surface area contributed by atoms with E-state index in [1.165, 1.54) is 21.8 Å². The Morgan fingerprint density at radius 3 is 2.45 bits per heavy atom. The fraction of sp³-hybridized carbons (Fsp3) is 0.615. The van der Waals surface area contributed by atoms with E-state index in [1.54, 1.807) is 18.9 Å². The standard InChI is InChI=1S/C26H32F6N6O2/c1-3-17-15-19-21(37(23-33-35-36(2)34-23)13-6-4-5-12-25(27,28)29)11-8-14-38(24(39)40-18-9-7-10-18)22(19)16-20(17)26(30,31)32/h4-5,15-16,18,21H,3,6-14H2,1-2H3/b5-4+. The number of halogens is 6. The first-order valence-corrected chi connectivity index (χ1v) is 13.3. The average molecular weight is 575 g/mol. The van der Waals surface area contributed by atoms with E-state index in [0.29, 0.717) is 31.2 Å². The summed E-state index contributed by atoms with van der Waals surface area (Å²) < 4.78 is 85.6. The largest absolute Gasteiger partial charge is 0.446 e. The SMILES string of the molecule is CCc1cc2c(cc1C(F)(F)F)N(C(=O)OC1CCC1)CCCC2N(CC/C=C/CC(F)(F)F)c1nnn(C)n1. The number of hydrogen-bond acceptors (Lipinski definition) is 6. The second-order valence-electron chi connectivity index (χ2n) is 10.0. The molecule has 2 aliphatic rings. The first-order valence-electron chi connectivity index (χ1n) is 13.3. The molecule has 1 atom stereocenters. The molecular weight excluding hydrogens is 542 g/mol. The molecule has 0 radical (unpaired) electrons. The first kappa shape index (κ1) is 29.7. The molecule has 2 aromatic rings. The van der Waals surface area contributed by atoms with Gasteiger partial charge in [-0.2, -0.15) is 31.1 Å². The van der Waals surface area contributed by atoms with Gasteiger partial charge in [0.15, 0.2) is 0 Å². The molecule has 1 fully saturated rings. The Labute approximate surface area is 227 Å². The number of carbonyl (C=O) groups is 1. The highest BCUT2D eigenvalue weighted by Gasteiger charge is 2.39. The van der Waals surface area contributed by atoms with Crippen LogP contribution in [0.2, 0.25) is 0 Å². The van der Waals surface area contributed by atoms with E-state index >= 15 is 0 Å². The Hall–Kier alpha value is -3.32. The average Bonchev–Trinajstić information content (AvgIpc) is 3.19. The lowest BCUT2D eigenvalue weighted by atomic mass is 9.93. The quantitative estimate of drug-likeness (QED) is 0.264. The van der Waals surface area contributed by atoms with Crippen LogP contribution in [0.15, 0.2) is 24.3 Å². The fourth-order valence-corrected chi connectivity index (χ4v) is 4.97. The molecular formula is C26H32F6N6O2. The number of aryl methyl sites for hydroxylation is 2. The third-order valence-electron chi connectivity index (χ3n) is 7.17. The maximum Gasteiger partial charge on any atom is 0.416 e. The van der Waals surface area contributed by atoms with Crippen LogP contribution in [0, 0.1) is 0 Å². The molecule has 1 unspecified atom stereocenters. The number of ether oxygens (including phenoxy) is 1. The normalized spacial score (nSPS) is 18.4. The maximum absolute atomic E-state index is 14.1. The predicted octanol–water partition coefficient (Wildman–Crippen LogP) is 6.53. The van der Waals surface area contributed by atoms with Gasteiger partial charge in [0.1, 0.15) is 6.10 Å². The van der Waals surface area contributed by atoms with Crippen LogP contribution in [0.4, 0.5) is 42.8 Å². The number of anilines is 2. The van der Waals surface area contributed by atoms with Gasteiger partial charge in [0.2, 0.25) is 0 Å². The number of fused-ring (bicyclic) bond motifs is 1. The van der Waals surface area contributed by atoms with E-state index in [1.807, 2.05) is 0 Å². The van der Waals surface area contributed by atoms with Gasteiger partial charge < -0.3 is 9.64 Å². The van der Waals surface area contributed by atoms with E-state index < -0.39 is 36.5 Å². The Morgan fingerprint density at radius 2 is 1.88 bits per heavy atom. The lowest BCUT2D eigenvalue weighted by molar-refractivity contribution is -0.138. The number of carbonyl (C=O) groups excluding carboxylic acids is 1. The zero-order chi connectivity index (χ0) is 29.1. The summed E-state index contributed by atoms with van der Waals surface area (Å²) in [5.41, 5.74) is -0.185. The molecule has 4 rings (SSSR count). The molecule has 1 aliphatic carbocycles. The predicted molar refractivity (Wildman–Crippen MR) is 135 cm³/mol. The minimum atomic E-state index is -4.64. The minimum absolute atomic E-state index is 0.0718. The summed E-state index contributed by atoms with van der Waals surface area (Å²) in [4.78, 5) is 17.4. The molecule has 1 aliphatic heterocycles. The summed E-state index contributed by atoms with van der Waals surface area (Å²) in [5, 5.41) is 12.2. The molecule has 0 spiro atoms. The zero-order valence-electron chi connectivity index (χ0n) is 22.3. The second-order valence-corrected chi connectivity index (χ2v) is 10.0. The van der Waals surface area contributed by atoms with E-state index in [-0.39, 0.29) is 49.2 Å². The number of alkyl halides is 6. The molecule has 14 heteroatoms. The van der Waals surface area contributed by atoms with Gasteiger partial charge in [-0.05, 0) is 67.4 Å². The summed E-state index contributed by atoms with van der Waals surface area (Å²) in [5.74, 6) is 0.186. The van der Waals surface area contributed by atoms with Crippen LogP contribution < -0.4 is 9.80 Å². The molecule has 1 saturated carbocycles. The Bertz CT molecular complexity index is 1210. The number of allylic oxidation sites excluding steroid dienone is 1. The number of benzene rings is 1. The lowest BCUT2D eigenvalue weighted by Crippen LogP contribution is -2.37. The first-order chi connectivity index (χ1) is 18.9. The van der Waals surface area contributed by atoms with Gasteiger partial charge in [0, 0.05) is 13.1 Å². The molecule has 8 nitrogen and oxygen atoms in total. The highest BCUT2D eigenvalue weighted by atomic mass is 19.4. The highest BCUT2D eigenvalue weighted by molar-refractivity contribution is 5.89. The summed E-state index contributed by atoms with van der Waals surface area (Å²) in [6.07, 6.45) is -5.02. The van der Waals surface area contributed by atoms with Gasteiger partial charge in [-0.15, -0.1) is 5.10 Å². The molecule has 0 bridgehead atoms. The number of rotatable bonds is 8. The van der Waals surface area contributed by atoms with Gasteiger partial charge in [0.05, 0.1) is 30.8 Å². The van der Waals surface area contributed by atoms with Crippen molar-refractivity contribution in [2.24, 2.45) is 7.05 Å². The van der Waals surface area contributed by atoms with Crippen molar-refractivity contribution >= 4 is 17.7 Å². The van der Waals surface area contributed by atoms with Crippen LogP contribution >= 0.6 is 0 Å². The van der Waals surface area contributed by atoms with Crippen molar-refractivity contribution in [1.82, 2.24) is 20.2 Å². The molecule has 1 amide bonds. The van der Waals surface area contributed by atoms with Crippen molar-refractivity contribution in [3.8, 4) is 0 Å². The van der Waals surface area contributed by atoms with Crippen molar-refractivity contribution in [3.05, 3.63) is 41.0 Å². The van der Waals surface area contributed by atoms with E-state index in [0.717, 1.165) is 18.6 Å². The van der Waals surface area contributed by atoms with Crippen LogP contribution in [0.5, 0.6) is 0 Å². The van der Waals surface area contributed by atoms with E-state index in [2.05, 4.69) is 15.4 Å². The lowest BCUT2D eigenvalue weighted by Gasteiger charge is -2.33. The minimum Gasteiger partial charge on any atom is -0.446 e. The summed E-state index contributed by atoms with van der Waals surface area (Å²) in [6, 6.07) is 1.92. The molecule has 0 saturated heterocycles.